The molecule has 0 aliphatic carbocycles. The number of benzene rings is 3. The fourth-order valence-corrected chi connectivity index (χ4v) is 5.69. The molecule has 6 nitrogen and oxygen atoms in total. The summed E-state index contributed by atoms with van der Waals surface area (Å²) in [5.41, 5.74) is 5.12. The molecule has 2 amide bonds. The van der Waals surface area contributed by atoms with Gasteiger partial charge in [0.05, 0.1) is 19.7 Å². The molecule has 0 saturated carbocycles. The largest absolute Gasteiger partial charge is 0.497 e. The highest BCUT2D eigenvalue weighted by Gasteiger charge is 2.48. The highest BCUT2D eigenvalue weighted by atomic mass is 35.5. The first-order valence-corrected chi connectivity index (χ1v) is 12.5. The van der Waals surface area contributed by atoms with E-state index < -0.39 is 6.04 Å². The van der Waals surface area contributed by atoms with E-state index in [0.29, 0.717) is 24.4 Å². The molecule has 36 heavy (non-hydrogen) atoms. The van der Waals surface area contributed by atoms with Gasteiger partial charge in [0.2, 0.25) is 11.8 Å². The van der Waals surface area contributed by atoms with Crippen LogP contribution in [0, 0.1) is 0 Å². The number of nitrogens with zero attached hydrogens (tertiary/aromatic N) is 2. The number of hydrogen-bond donors (Lipinski definition) is 1. The third kappa shape index (κ3) is 3.82. The molecule has 7 heteroatoms. The third-order valence-electron chi connectivity index (χ3n) is 7.36. The number of fused-ring (bicyclic) bond motifs is 4. The molecule has 3 aromatic carbocycles. The van der Waals surface area contributed by atoms with Crippen molar-refractivity contribution >= 4 is 34.3 Å². The van der Waals surface area contributed by atoms with Crippen molar-refractivity contribution in [1.82, 2.24) is 14.8 Å². The van der Waals surface area contributed by atoms with Crippen molar-refractivity contribution in [1.29, 1.82) is 0 Å². The number of nitrogens with one attached hydrogen (secondary N) is 1. The number of carbonyl (C=O) groups is 2. The summed E-state index contributed by atoms with van der Waals surface area (Å²) in [6.45, 7) is 0.568. The first-order valence-electron chi connectivity index (χ1n) is 12.1. The predicted octanol–water partition coefficient (Wildman–Crippen LogP) is 4.76. The zero-order valence-electron chi connectivity index (χ0n) is 19.9. The molecule has 0 bridgehead atoms. The van der Waals surface area contributed by atoms with E-state index in [1.165, 1.54) is 0 Å². The van der Waals surface area contributed by atoms with Crippen molar-refractivity contribution in [3.63, 3.8) is 0 Å². The molecule has 3 heterocycles. The van der Waals surface area contributed by atoms with Gasteiger partial charge in [0.15, 0.2) is 0 Å². The van der Waals surface area contributed by atoms with Crippen LogP contribution in [-0.4, -0.2) is 52.8 Å². The predicted molar refractivity (Wildman–Crippen MR) is 139 cm³/mol. The van der Waals surface area contributed by atoms with Gasteiger partial charge in [0.1, 0.15) is 11.8 Å². The number of carbonyl (C=O) groups excluding carboxylic acids is 2. The van der Waals surface area contributed by atoms with Crippen LogP contribution < -0.4 is 4.74 Å². The Balaban J connectivity index is 1.35. The molecule has 1 aromatic heterocycles. The van der Waals surface area contributed by atoms with Gasteiger partial charge in [-0.3, -0.25) is 9.59 Å². The summed E-state index contributed by atoms with van der Waals surface area (Å²) in [7, 11) is 1.64. The van der Waals surface area contributed by atoms with E-state index in [0.717, 1.165) is 39.0 Å². The number of hydrogen-bond acceptors (Lipinski definition) is 3. The Morgan fingerprint density at radius 1 is 1.00 bits per heavy atom. The van der Waals surface area contributed by atoms with Gasteiger partial charge < -0.3 is 19.5 Å². The molecular formula is C29H26ClN3O3. The maximum atomic E-state index is 13.8. The molecule has 1 fully saturated rings. The van der Waals surface area contributed by atoms with Gasteiger partial charge in [0.25, 0.3) is 0 Å². The smallest absolute Gasteiger partial charge is 0.246 e. The monoisotopic (exact) mass is 499 g/mol. The van der Waals surface area contributed by atoms with Gasteiger partial charge in [-0.1, -0.05) is 54.1 Å². The lowest BCUT2D eigenvalue weighted by Gasteiger charge is -2.47. The fraction of sp³-hybridized carbons (Fsp3) is 0.241. The molecule has 4 aromatic rings. The van der Waals surface area contributed by atoms with Crippen molar-refractivity contribution in [2.24, 2.45) is 0 Å². The minimum absolute atomic E-state index is 0.00185. The van der Waals surface area contributed by atoms with Gasteiger partial charge in [-0.15, -0.1) is 0 Å². The van der Waals surface area contributed by atoms with E-state index in [9.17, 15) is 9.59 Å². The fourth-order valence-electron chi connectivity index (χ4n) is 5.56. The second kappa shape index (κ2) is 9.03. The summed E-state index contributed by atoms with van der Waals surface area (Å²) in [6.07, 6.45) is 1.17. The first kappa shape index (κ1) is 22.7. The maximum absolute atomic E-state index is 13.8. The number of aromatic nitrogens is 1. The Bertz CT molecular complexity index is 1450. The number of H-pyrrole nitrogens is 1. The van der Waals surface area contributed by atoms with Gasteiger partial charge in [-0.2, -0.15) is 0 Å². The minimum atomic E-state index is -0.547. The Labute approximate surface area is 214 Å². The minimum Gasteiger partial charge on any atom is -0.497 e. The zero-order valence-corrected chi connectivity index (χ0v) is 20.7. The van der Waals surface area contributed by atoms with Crippen LogP contribution in [-0.2, 0) is 22.4 Å². The van der Waals surface area contributed by atoms with Gasteiger partial charge >= 0.3 is 0 Å². The van der Waals surface area contributed by atoms with Crippen LogP contribution in [0.1, 0.15) is 28.4 Å². The maximum Gasteiger partial charge on any atom is 0.246 e. The number of rotatable bonds is 5. The Morgan fingerprint density at radius 3 is 2.50 bits per heavy atom. The van der Waals surface area contributed by atoms with Crippen LogP contribution in [0.25, 0.3) is 10.9 Å². The molecule has 6 rings (SSSR count). The Hall–Kier alpha value is -3.77. The average Bonchev–Trinajstić information content (AvgIpc) is 3.28. The van der Waals surface area contributed by atoms with Crippen molar-refractivity contribution in [2.75, 3.05) is 20.2 Å². The van der Waals surface area contributed by atoms with Gasteiger partial charge in [-0.25, -0.2) is 0 Å². The van der Waals surface area contributed by atoms with Crippen LogP contribution in [0.4, 0.5) is 0 Å². The second-order valence-electron chi connectivity index (χ2n) is 9.40. The Morgan fingerprint density at radius 2 is 1.75 bits per heavy atom. The Kier molecular flexibility index (Phi) is 5.69. The number of piperazine rings is 1. The second-order valence-corrected chi connectivity index (χ2v) is 9.83. The SMILES string of the molecule is COc1ccc(CCN2CC(=O)N3[C@H](c4ccc(Cl)cc4)c4[nH]c5ccccc5c4C[C@@H]3C2=O)cc1. The number of para-hydroxylation sites is 1. The van der Waals surface area contributed by atoms with E-state index in [1.54, 1.807) is 16.9 Å². The van der Waals surface area contributed by atoms with E-state index in [2.05, 4.69) is 11.1 Å². The number of ether oxygens (including phenoxy) is 1. The summed E-state index contributed by atoms with van der Waals surface area (Å²) in [5.74, 6) is 0.750. The molecule has 2 atom stereocenters. The summed E-state index contributed by atoms with van der Waals surface area (Å²) in [6, 6.07) is 22.6. The number of methoxy groups -OCH3 is 1. The van der Waals surface area contributed by atoms with Gasteiger partial charge in [0, 0.05) is 34.6 Å². The number of amides is 2. The van der Waals surface area contributed by atoms with Crippen LogP contribution in [0.5, 0.6) is 5.75 Å². The average molecular weight is 500 g/mol. The summed E-state index contributed by atoms with van der Waals surface area (Å²) in [4.78, 5) is 34.5. The van der Waals surface area contributed by atoms with Crippen molar-refractivity contribution in [3.05, 3.63) is 100 Å². The van der Waals surface area contributed by atoms with Crippen molar-refractivity contribution in [3.8, 4) is 5.75 Å². The first-order chi connectivity index (χ1) is 17.5. The van der Waals surface area contributed by atoms with E-state index in [4.69, 9.17) is 16.3 Å². The van der Waals surface area contributed by atoms with Crippen LogP contribution >= 0.6 is 11.6 Å². The summed E-state index contributed by atoms with van der Waals surface area (Å²) < 4.78 is 5.23. The lowest BCUT2D eigenvalue weighted by molar-refractivity contribution is -0.158. The van der Waals surface area contributed by atoms with E-state index >= 15 is 0 Å². The van der Waals surface area contributed by atoms with Crippen LogP contribution in [0.3, 0.4) is 0 Å². The summed E-state index contributed by atoms with van der Waals surface area (Å²) >= 11 is 6.17. The molecular weight excluding hydrogens is 474 g/mol. The molecule has 0 unspecified atom stereocenters. The lowest BCUT2D eigenvalue weighted by Crippen LogP contribution is -2.63. The topological polar surface area (TPSA) is 65.6 Å². The van der Waals surface area contributed by atoms with Gasteiger partial charge in [-0.05, 0) is 53.4 Å². The van der Waals surface area contributed by atoms with Crippen LogP contribution in [0.2, 0.25) is 5.02 Å². The number of aromatic amines is 1. The quantitative estimate of drug-likeness (QED) is 0.430. The third-order valence-corrected chi connectivity index (χ3v) is 7.61. The highest BCUT2D eigenvalue weighted by molar-refractivity contribution is 6.30. The zero-order chi connectivity index (χ0) is 24.8. The summed E-state index contributed by atoms with van der Waals surface area (Å²) in [5, 5.41) is 1.73. The normalized spacial score (nSPS) is 19.4. The molecule has 1 N–H and O–H groups in total. The highest BCUT2D eigenvalue weighted by Crippen LogP contribution is 2.42. The van der Waals surface area contributed by atoms with Crippen molar-refractivity contribution in [2.45, 2.75) is 24.9 Å². The van der Waals surface area contributed by atoms with Crippen LogP contribution in [0.15, 0.2) is 72.8 Å². The lowest BCUT2D eigenvalue weighted by atomic mass is 9.86. The van der Waals surface area contributed by atoms with E-state index in [-0.39, 0.29) is 24.4 Å². The molecule has 2 aliphatic rings. The molecule has 0 radical (unpaired) electrons. The molecule has 1 saturated heterocycles. The number of halogens is 1. The molecule has 182 valence electrons. The van der Waals surface area contributed by atoms with Crippen molar-refractivity contribution < 1.29 is 14.3 Å². The molecule has 2 aliphatic heterocycles. The molecule has 0 spiro atoms. The standard InChI is InChI=1S/C29H26ClN3O3/c1-36-21-12-6-18(7-13-21)14-15-32-17-26(34)33-25(29(32)35)16-23-22-4-2-3-5-24(22)31-27(23)28(33)19-8-10-20(30)11-9-19/h2-13,25,28,31H,14-17H2,1H3/t25-,28-/m1/s1. The van der Waals surface area contributed by atoms with E-state index in [1.807, 2.05) is 66.7 Å².